The van der Waals surface area contributed by atoms with Gasteiger partial charge in [0, 0.05) is 16.6 Å². The minimum Gasteiger partial charge on any atom is -0.507 e. The quantitative estimate of drug-likeness (QED) is 0.398. The van der Waals surface area contributed by atoms with E-state index < -0.39 is 17.7 Å². The lowest BCUT2D eigenvalue weighted by Gasteiger charge is -2.24. The Labute approximate surface area is 173 Å². The van der Waals surface area contributed by atoms with Gasteiger partial charge in [0.2, 0.25) is 0 Å². The summed E-state index contributed by atoms with van der Waals surface area (Å²) < 4.78 is 0. The number of benzene rings is 1. The molecule has 6 heteroatoms. The first-order chi connectivity index (χ1) is 14.0. The topological polar surface area (TPSA) is 70.5 Å². The molecule has 3 heterocycles. The molecule has 146 valence electrons. The third-order valence-electron chi connectivity index (χ3n) is 5.19. The molecule has 4 rings (SSSR count). The minimum atomic E-state index is -0.736. The van der Waals surface area contributed by atoms with Crippen LogP contribution in [0.25, 0.3) is 5.76 Å². The zero-order chi connectivity index (χ0) is 20.5. The molecule has 5 nitrogen and oxygen atoms in total. The second-order valence-electron chi connectivity index (χ2n) is 7.06. The molecule has 0 bridgehead atoms. The minimum absolute atomic E-state index is 0.0773. The summed E-state index contributed by atoms with van der Waals surface area (Å²) in [6.07, 6.45) is 1.62. The van der Waals surface area contributed by atoms with E-state index in [4.69, 9.17) is 0 Å². The average Bonchev–Trinajstić information content (AvgIpc) is 3.32. The van der Waals surface area contributed by atoms with E-state index in [0.717, 1.165) is 16.0 Å². The number of likely N-dealkylation sites (tertiary alicyclic amines) is 1. The summed E-state index contributed by atoms with van der Waals surface area (Å²) in [5.74, 6) is -1.48. The Morgan fingerprint density at radius 3 is 2.59 bits per heavy atom. The predicted molar refractivity (Wildman–Crippen MR) is 112 cm³/mol. The molecule has 0 aliphatic carbocycles. The summed E-state index contributed by atoms with van der Waals surface area (Å²) in [5.41, 5.74) is 3.22. The highest BCUT2D eigenvalue weighted by atomic mass is 32.1. The van der Waals surface area contributed by atoms with Gasteiger partial charge in [0.1, 0.15) is 11.8 Å². The average molecular weight is 404 g/mol. The predicted octanol–water partition coefficient (Wildman–Crippen LogP) is 4.38. The lowest BCUT2D eigenvalue weighted by molar-refractivity contribution is -0.140. The molecule has 1 N–H and O–H groups in total. The Balaban J connectivity index is 1.87. The Bertz CT molecular complexity index is 1100. The van der Waals surface area contributed by atoms with E-state index in [2.05, 4.69) is 4.98 Å². The van der Waals surface area contributed by atoms with Crippen molar-refractivity contribution in [1.82, 2.24) is 9.88 Å². The van der Waals surface area contributed by atoms with E-state index in [9.17, 15) is 14.7 Å². The summed E-state index contributed by atoms with van der Waals surface area (Å²) >= 11 is 1.52. The van der Waals surface area contributed by atoms with E-state index in [0.29, 0.717) is 11.3 Å². The monoisotopic (exact) mass is 404 g/mol. The van der Waals surface area contributed by atoms with E-state index >= 15 is 0 Å². The molecule has 29 heavy (non-hydrogen) atoms. The van der Waals surface area contributed by atoms with Crippen LogP contribution in [-0.2, 0) is 16.1 Å². The Morgan fingerprint density at radius 2 is 1.93 bits per heavy atom. The van der Waals surface area contributed by atoms with E-state index in [1.54, 1.807) is 24.4 Å². The number of aromatic nitrogens is 1. The number of thiophene rings is 1. The third kappa shape index (κ3) is 3.47. The van der Waals surface area contributed by atoms with Crippen LogP contribution in [0.4, 0.5) is 0 Å². The van der Waals surface area contributed by atoms with Crippen molar-refractivity contribution in [2.75, 3.05) is 0 Å². The fraction of sp³-hybridized carbons (Fsp3) is 0.174. The van der Waals surface area contributed by atoms with Crippen LogP contribution in [0.3, 0.4) is 0 Å². The van der Waals surface area contributed by atoms with Crippen LogP contribution in [-0.4, -0.2) is 26.7 Å². The van der Waals surface area contributed by atoms with Crippen LogP contribution >= 0.6 is 11.3 Å². The Hall–Kier alpha value is -3.25. The molecule has 0 spiro atoms. The maximum Gasteiger partial charge on any atom is 0.296 e. The highest BCUT2D eigenvalue weighted by Gasteiger charge is 2.46. The van der Waals surface area contributed by atoms with Crippen LogP contribution < -0.4 is 0 Å². The molecule has 0 saturated carbocycles. The molecule has 0 radical (unpaired) electrons. The second-order valence-corrected chi connectivity index (χ2v) is 8.09. The first-order valence-corrected chi connectivity index (χ1v) is 10.1. The van der Waals surface area contributed by atoms with Crippen molar-refractivity contribution in [2.45, 2.75) is 26.4 Å². The van der Waals surface area contributed by atoms with E-state index in [1.807, 2.05) is 49.6 Å². The van der Waals surface area contributed by atoms with E-state index in [1.165, 1.54) is 16.2 Å². The number of hydrogen-bond donors (Lipinski definition) is 1. The number of ketones is 1. The van der Waals surface area contributed by atoms with Gasteiger partial charge in [0.05, 0.1) is 17.8 Å². The van der Waals surface area contributed by atoms with Gasteiger partial charge in [-0.3, -0.25) is 14.6 Å². The van der Waals surface area contributed by atoms with Crippen LogP contribution in [0.15, 0.2) is 65.7 Å². The number of amides is 1. The number of nitrogens with zero attached hydrogens (tertiary/aromatic N) is 2. The highest BCUT2D eigenvalue weighted by molar-refractivity contribution is 7.09. The molecule has 1 fully saturated rings. The number of carbonyl (C=O) groups is 2. The molecular weight excluding hydrogens is 384 g/mol. The number of hydrogen-bond acceptors (Lipinski definition) is 5. The number of carbonyl (C=O) groups excluding carboxylic acids is 2. The molecule has 1 unspecified atom stereocenters. The van der Waals surface area contributed by atoms with Crippen molar-refractivity contribution in [3.05, 3.63) is 92.9 Å². The van der Waals surface area contributed by atoms with Gasteiger partial charge in [0.15, 0.2) is 0 Å². The van der Waals surface area contributed by atoms with Gasteiger partial charge < -0.3 is 10.0 Å². The highest BCUT2D eigenvalue weighted by Crippen LogP contribution is 2.39. The van der Waals surface area contributed by atoms with Crippen LogP contribution in [0.5, 0.6) is 0 Å². The number of rotatable bonds is 4. The lowest BCUT2D eigenvalue weighted by atomic mass is 9.96. The molecule has 1 saturated heterocycles. The zero-order valence-corrected chi connectivity index (χ0v) is 16.9. The third-order valence-corrected chi connectivity index (χ3v) is 6.06. The van der Waals surface area contributed by atoms with Gasteiger partial charge in [-0.1, -0.05) is 24.3 Å². The lowest BCUT2D eigenvalue weighted by Crippen LogP contribution is -2.29. The fourth-order valence-electron chi connectivity index (χ4n) is 3.50. The molecule has 1 atom stereocenters. The SMILES string of the molecule is Cc1ccc(/C(O)=C2/C(=O)C(=O)N(Cc3cccs3)C2c2ccccn2)cc1C. The van der Waals surface area contributed by atoms with Gasteiger partial charge in [-0.2, -0.15) is 0 Å². The Morgan fingerprint density at radius 1 is 1.10 bits per heavy atom. The normalized spacial score (nSPS) is 18.4. The summed E-state index contributed by atoms with van der Waals surface area (Å²) in [6, 6.07) is 13.9. The zero-order valence-electron chi connectivity index (χ0n) is 16.1. The van der Waals surface area contributed by atoms with Crippen LogP contribution in [0.2, 0.25) is 0 Å². The summed E-state index contributed by atoms with van der Waals surface area (Å²) in [6.45, 7) is 4.21. The standard InChI is InChI=1S/C23H20N2O3S/c1-14-8-9-16(12-15(14)2)21(26)19-20(18-7-3-4-10-24-18)25(23(28)22(19)27)13-17-6-5-11-29-17/h3-12,20,26H,13H2,1-2H3/b21-19-. The summed E-state index contributed by atoms with van der Waals surface area (Å²) in [5, 5.41) is 13.0. The van der Waals surface area contributed by atoms with Crippen molar-refractivity contribution >= 4 is 28.8 Å². The summed E-state index contributed by atoms with van der Waals surface area (Å²) in [4.78, 5) is 32.7. The number of aliphatic hydroxyl groups excluding tert-OH is 1. The number of aryl methyl sites for hydroxylation is 2. The largest absolute Gasteiger partial charge is 0.507 e. The molecule has 1 aromatic carbocycles. The van der Waals surface area contributed by atoms with Crippen molar-refractivity contribution in [3.8, 4) is 0 Å². The van der Waals surface area contributed by atoms with Gasteiger partial charge >= 0.3 is 0 Å². The smallest absolute Gasteiger partial charge is 0.296 e. The number of aliphatic hydroxyl groups is 1. The maximum absolute atomic E-state index is 13.0. The van der Waals surface area contributed by atoms with Gasteiger partial charge in [0.25, 0.3) is 11.7 Å². The first-order valence-electron chi connectivity index (χ1n) is 9.26. The van der Waals surface area contributed by atoms with Crippen LogP contribution in [0, 0.1) is 13.8 Å². The van der Waals surface area contributed by atoms with Crippen molar-refractivity contribution in [1.29, 1.82) is 0 Å². The van der Waals surface area contributed by atoms with Gasteiger partial charge in [-0.15, -0.1) is 11.3 Å². The second kappa shape index (κ2) is 7.64. The van der Waals surface area contributed by atoms with Crippen LogP contribution in [0.1, 0.15) is 33.3 Å². The number of pyridine rings is 1. The fourth-order valence-corrected chi connectivity index (χ4v) is 4.21. The molecule has 1 aliphatic heterocycles. The first kappa shape index (κ1) is 19.1. The molecule has 2 aromatic heterocycles. The molecular formula is C23H20N2O3S. The number of Topliss-reactive ketones (excluding diaryl/α,β-unsaturated/α-hetero) is 1. The van der Waals surface area contributed by atoms with Crippen molar-refractivity contribution in [3.63, 3.8) is 0 Å². The molecule has 1 amide bonds. The van der Waals surface area contributed by atoms with Crippen molar-refractivity contribution < 1.29 is 14.7 Å². The maximum atomic E-state index is 13.0. The molecule has 3 aromatic rings. The van der Waals surface area contributed by atoms with Gasteiger partial charge in [-0.05, 0) is 54.6 Å². The van der Waals surface area contributed by atoms with Gasteiger partial charge in [-0.25, -0.2) is 0 Å². The Kier molecular flexibility index (Phi) is 5.03. The van der Waals surface area contributed by atoms with Crippen molar-refractivity contribution in [2.24, 2.45) is 0 Å². The van der Waals surface area contributed by atoms with E-state index in [-0.39, 0.29) is 17.9 Å². The molecule has 1 aliphatic rings. The summed E-state index contributed by atoms with van der Waals surface area (Å²) in [7, 11) is 0.